The zero-order valence-electron chi connectivity index (χ0n) is 9.66. The van der Waals surface area contributed by atoms with Gasteiger partial charge in [0, 0.05) is 6.07 Å². The molecule has 0 saturated heterocycles. The fraction of sp³-hybridized carbons (Fsp3) is 0. The molecule has 1 heterocycles. The fourth-order valence-corrected chi connectivity index (χ4v) is 1.50. The Kier molecular flexibility index (Phi) is 3.63. The maximum Gasteiger partial charge on any atom is 0.312 e. The number of nitro groups is 1. The maximum absolute atomic E-state index is 11.3. The van der Waals surface area contributed by atoms with E-state index < -0.39 is 16.2 Å². The minimum absolute atomic E-state index is 0.106. The highest BCUT2D eigenvalue weighted by molar-refractivity contribution is 6.31. The van der Waals surface area contributed by atoms with Gasteiger partial charge >= 0.3 is 5.69 Å². The number of nitrogens with zero attached hydrogens (tertiary/aromatic N) is 3. The molecule has 0 aliphatic carbocycles. The maximum atomic E-state index is 11.3. The van der Waals surface area contributed by atoms with Gasteiger partial charge in [0.2, 0.25) is 11.6 Å². The summed E-state index contributed by atoms with van der Waals surface area (Å²) in [5.74, 6) is -0.433. The van der Waals surface area contributed by atoms with Crippen molar-refractivity contribution in [1.82, 2.24) is 9.97 Å². The van der Waals surface area contributed by atoms with Gasteiger partial charge in [-0.2, -0.15) is 5.26 Å². The van der Waals surface area contributed by atoms with E-state index in [1.54, 1.807) is 6.07 Å². The monoisotopic (exact) mass is 292 g/mol. The summed E-state index contributed by atoms with van der Waals surface area (Å²) in [6, 6.07) is 5.40. The van der Waals surface area contributed by atoms with Gasteiger partial charge in [0.15, 0.2) is 5.02 Å². The standard InChI is InChI=1S/C11H5ClN4O4/c12-9-10(17)14-5-15-11(9)20-8-2-1-6(4-13)3-7(8)16(18)19/h1-3,5H,(H,14,15,17). The Morgan fingerprint density at radius 2 is 2.25 bits per heavy atom. The van der Waals surface area contributed by atoms with Crippen LogP contribution >= 0.6 is 11.6 Å². The summed E-state index contributed by atoms with van der Waals surface area (Å²) in [6.45, 7) is 0. The van der Waals surface area contributed by atoms with E-state index in [2.05, 4.69) is 9.97 Å². The van der Waals surface area contributed by atoms with Gasteiger partial charge in [0.1, 0.15) is 0 Å². The molecule has 0 radical (unpaired) electrons. The van der Waals surface area contributed by atoms with E-state index in [0.717, 1.165) is 12.4 Å². The van der Waals surface area contributed by atoms with Crippen LogP contribution in [0.4, 0.5) is 5.69 Å². The SMILES string of the molecule is N#Cc1ccc(Oc2nc[nH]c(=O)c2Cl)c([N+](=O)[O-])c1. The second-order valence-corrected chi connectivity index (χ2v) is 3.88. The molecule has 0 bridgehead atoms. The molecule has 0 atom stereocenters. The van der Waals surface area contributed by atoms with E-state index in [1.807, 2.05) is 0 Å². The minimum atomic E-state index is -0.711. The van der Waals surface area contributed by atoms with Gasteiger partial charge < -0.3 is 9.72 Å². The minimum Gasteiger partial charge on any atom is -0.430 e. The number of hydrogen-bond acceptors (Lipinski definition) is 6. The van der Waals surface area contributed by atoms with Crippen molar-refractivity contribution in [3.63, 3.8) is 0 Å². The molecule has 2 aromatic rings. The summed E-state index contributed by atoms with van der Waals surface area (Å²) in [4.78, 5) is 27.4. The van der Waals surface area contributed by atoms with Crippen molar-refractivity contribution < 1.29 is 9.66 Å². The van der Waals surface area contributed by atoms with Crippen molar-refractivity contribution in [3.05, 3.63) is 55.6 Å². The molecule has 100 valence electrons. The topological polar surface area (TPSA) is 122 Å². The number of nitriles is 1. The molecular weight excluding hydrogens is 288 g/mol. The molecule has 9 heteroatoms. The molecule has 0 saturated carbocycles. The summed E-state index contributed by atoms with van der Waals surface area (Å²) in [7, 11) is 0. The average Bonchev–Trinajstić information content (AvgIpc) is 2.44. The second-order valence-electron chi connectivity index (χ2n) is 3.50. The highest BCUT2D eigenvalue weighted by atomic mass is 35.5. The van der Waals surface area contributed by atoms with Crippen LogP contribution in [0.5, 0.6) is 11.6 Å². The van der Waals surface area contributed by atoms with Gasteiger partial charge in [0.25, 0.3) is 5.56 Å². The predicted octanol–water partition coefficient (Wildman–Crippen LogP) is 2.00. The normalized spacial score (nSPS) is 9.80. The number of aromatic amines is 1. The van der Waals surface area contributed by atoms with Crippen molar-refractivity contribution in [3.8, 4) is 17.7 Å². The van der Waals surface area contributed by atoms with Crippen molar-refractivity contribution in [2.75, 3.05) is 0 Å². The number of ether oxygens (including phenoxy) is 1. The van der Waals surface area contributed by atoms with Gasteiger partial charge in [-0.05, 0) is 12.1 Å². The van der Waals surface area contributed by atoms with Crippen LogP contribution in [0.25, 0.3) is 0 Å². The van der Waals surface area contributed by atoms with E-state index in [0.29, 0.717) is 0 Å². The average molecular weight is 293 g/mol. The lowest BCUT2D eigenvalue weighted by Gasteiger charge is -2.06. The van der Waals surface area contributed by atoms with Crippen LogP contribution < -0.4 is 10.3 Å². The van der Waals surface area contributed by atoms with E-state index in [9.17, 15) is 14.9 Å². The van der Waals surface area contributed by atoms with Crippen LogP contribution in [0.2, 0.25) is 5.02 Å². The quantitative estimate of drug-likeness (QED) is 0.682. The number of aromatic nitrogens is 2. The molecule has 0 unspecified atom stereocenters. The van der Waals surface area contributed by atoms with Gasteiger partial charge in [-0.25, -0.2) is 4.98 Å². The Morgan fingerprint density at radius 3 is 2.90 bits per heavy atom. The number of benzene rings is 1. The van der Waals surface area contributed by atoms with Crippen LogP contribution in [0.15, 0.2) is 29.3 Å². The third kappa shape index (κ3) is 2.57. The lowest BCUT2D eigenvalue weighted by Crippen LogP contribution is -2.08. The summed E-state index contributed by atoms with van der Waals surface area (Å²) in [5.41, 5.74) is -0.954. The predicted molar refractivity (Wildman–Crippen MR) is 67.8 cm³/mol. The van der Waals surface area contributed by atoms with Gasteiger partial charge in [-0.1, -0.05) is 11.6 Å². The molecule has 0 aliphatic rings. The third-order valence-corrected chi connectivity index (χ3v) is 2.59. The van der Waals surface area contributed by atoms with Crippen LogP contribution in [0.3, 0.4) is 0 Å². The molecule has 0 amide bonds. The number of hydrogen-bond donors (Lipinski definition) is 1. The summed E-state index contributed by atoms with van der Waals surface area (Å²) in [6.07, 6.45) is 1.05. The first-order valence-electron chi connectivity index (χ1n) is 5.12. The van der Waals surface area contributed by atoms with E-state index in [1.165, 1.54) is 12.1 Å². The first kappa shape index (κ1) is 13.5. The van der Waals surface area contributed by atoms with Crippen molar-refractivity contribution in [1.29, 1.82) is 5.26 Å². The number of halogens is 1. The second kappa shape index (κ2) is 5.38. The summed E-state index contributed by atoms with van der Waals surface area (Å²) < 4.78 is 5.17. The van der Waals surface area contributed by atoms with Crippen LogP contribution in [0.1, 0.15) is 5.56 Å². The lowest BCUT2D eigenvalue weighted by atomic mass is 10.2. The number of rotatable bonds is 3. The molecule has 1 aromatic carbocycles. The molecule has 2 rings (SSSR count). The molecule has 8 nitrogen and oxygen atoms in total. The van der Waals surface area contributed by atoms with Gasteiger partial charge in [0.05, 0.1) is 22.9 Å². The number of H-pyrrole nitrogens is 1. The van der Waals surface area contributed by atoms with Crippen LogP contribution in [-0.4, -0.2) is 14.9 Å². The Labute approximate surface area is 116 Å². The summed E-state index contributed by atoms with van der Waals surface area (Å²) >= 11 is 5.68. The zero-order valence-corrected chi connectivity index (χ0v) is 10.4. The Balaban J connectivity index is 2.49. The molecule has 0 fully saturated rings. The molecule has 1 aromatic heterocycles. The van der Waals surface area contributed by atoms with Crippen molar-refractivity contribution in [2.45, 2.75) is 0 Å². The first-order valence-corrected chi connectivity index (χ1v) is 5.50. The highest BCUT2D eigenvalue weighted by Gasteiger charge is 2.19. The van der Waals surface area contributed by atoms with E-state index in [-0.39, 0.29) is 22.2 Å². The largest absolute Gasteiger partial charge is 0.430 e. The third-order valence-electron chi connectivity index (χ3n) is 2.26. The molecule has 0 aliphatic heterocycles. The Morgan fingerprint density at radius 1 is 1.50 bits per heavy atom. The van der Waals surface area contributed by atoms with Crippen molar-refractivity contribution in [2.24, 2.45) is 0 Å². The first-order chi connectivity index (χ1) is 9.52. The van der Waals surface area contributed by atoms with Crippen molar-refractivity contribution >= 4 is 17.3 Å². The van der Waals surface area contributed by atoms with Gasteiger partial charge in [-0.3, -0.25) is 14.9 Å². The van der Waals surface area contributed by atoms with Gasteiger partial charge in [-0.15, -0.1) is 0 Å². The molecule has 0 spiro atoms. The highest BCUT2D eigenvalue weighted by Crippen LogP contribution is 2.32. The zero-order chi connectivity index (χ0) is 14.7. The number of nitro benzene ring substituents is 1. The van der Waals surface area contributed by atoms with Crippen LogP contribution in [-0.2, 0) is 0 Å². The smallest absolute Gasteiger partial charge is 0.312 e. The Hall–Kier alpha value is -2.92. The fourth-order valence-electron chi connectivity index (χ4n) is 1.36. The van der Waals surface area contributed by atoms with Crippen LogP contribution in [0, 0.1) is 21.4 Å². The molecule has 20 heavy (non-hydrogen) atoms. The molecular formula is C11H5ClN4O4. The molecule has 1 N–H and O–H groups in total. The summed E-state index contributed by atoms with van der Waals surface area (Å²) in [5, 5.41) is 19.3. The Bertz CT molecular complexity index is 781. The number of nitrogens with one attached hydrogen (secondary N) is 1. The van der Waals surface area contributed by atoms with E-state index >= 15 is 0 Å². The lowest BCUT2D eigenvalue weighted by molar-refractivity contribution is -0.385. The van der Waals surface area contributed by atoms with E-state index in [4.69, 9.17) is 21.6 Å².